The molecule has 8 heterocycles. The van der Waals surface area contributed by atoms with Crippen LogP contribution in [0.15, 0.2) is 171 Å². The fraction of sp³-hybridized carbons (Fsp3) is 0.0400. The highest BCUT2D eigenvalue weighted by molar-refractivity contribution is 7.25. The van der Waals surface area contributed by atoms with Gasteiger partial charge in [0.1, 0.15) is 11.9 Å². The van der Waals surface area contributed by atoms with Crippen molar-refractivity contribution in [1.29, 1.82) is 0 Å². The number of hydrogen-bond acceptors (Lipinski definition) is 6. The van der Waals surface area contributed by atoms with Crippen molar-refractivity contribution in [2.75, 3.05) is 0 Å². The molecule has 272 valence electrons. The molecular formula is C50H30N6OS. The summed E-state index contributed by atoms with van der Waals surface area (Å²) in [6.07, 6.45) is 21.9. The van der Waals surface area contributed by atoms with Gasteiger partial charge in [0, 0.05) is 114 Å². The van der Waals surface area contributed by atoms with Crippen LogP contribution in [0.4, 0.5) is 0 Å². The molecule has 0 radical (unpaired) electrons. The minimum atomic E-state index is -0.0478. The lowest BCUT2D eigenvalue weighted by atomic mass is 9.88. The summed E-state index contributed by atoms with van der Waals surface area (Å²) in [5.74, 6) is 1.03. The highest BCUT2D eigenvalue weighted by Crippen LogP contribution is 2.46. The van der Waals surface area contributed by atoms with Gasteiger partial charge < -0.3 is 13.9 Å². The van der Waals surface area contributed by atoms with E-state index in [2.05, 4.69) is 150 Å². The van der Waals surface area contributed by atoms with Gasteiger partial charge in [-0.25, -0.2) is 0 Å². The Morgan fingerprint density at radius 2 is 1.05 bits per heavy atom. The zero-order chi connectivity index (χ0) is 37.9. The average Bonchev–Trinajstić information content (AvgIpc) is 4.03. The largest absolute Gasteiger partial charge is 0.485 e. The molecule has 0 fully saturated rings. The lowest BCUT2D eigenvalue weighted by Gasteiger charge is -2.20. The van der Waals surface area contributed by atoms with E-state index >= 15 is 0 Å². The molecule has 1 aliphatic heterocycles. The van der Waals surface area contributed by atoms with Crippen molar-refractivity contribution in [2.24, 2.45) is 0 Å². The monoisotopic (exact) mass is 762 g/mol. The van der Waals surface area contributed by atoms with Crippen LogP contribution in [-0.4, -0.2) is 35.2 Å². The molecule has 7 nitrogen and oxygen atoms in total. The summed E-state index contributed by atoms with van der Waals surface area (Å²) < 4.78 is 13.7. The van der Waals surface area contributed by atoms with Crippen molar-refractivity contribution in [3.05, 3.63) is 176 Å². The van der Waals surface area contributed by atoms with E-state index in [0.29, 0.717) is 0 Å². The van der Waals surface area contributed by atoms with Crippen LogP contribution in [0.5, 0.6) is 5.75 Å². The van der Waals surface area contributed by atoms with Gasteiger partial charge in [-0.05, 0) is 113 Å². The summed E-state index contributed by atoms with van der Waals surface area (Å²) in [7, 11) is 0. The van der Waals surface area contributed by atoms with Crippen LogP contribution in [0.1, 0.15) is 11.5 Å². The van der Waals surface area contributed by atoms with Gasteiger partial charge in [-0.1, -0.05) is 30.3 Å². The number of fused-ring (bicyclic) bond motifs is 12. The van der Waals surface area contributed by atoms with Gasteiger partial charge in [0.05, 0.1) is 22.1 Å². The molecule has 0 bridgehead atoms. The molecular weight excluding hydrogens is 733 g/mol. The normalized spacial score (nSPS) is 16.1. The number of pyridine rings is 4. The van der Waals surface area contributed by atoms with Crippen molar-refractivity contribution in [3.8, 4) is 33.7 Å². The smallest absolute Gasteiger partial charge is 0.128 e. The van der Waals surface area contributed by atoms with Gasteiger partial charge in [0.25, 0.3) is 0 Å². The Kier molecular flexibility index (Phi) is 6.59. The summed E-state index contributed by atoms with van der Waals surface area (Å²) in [5.41, 5.74) is 12.7. The second-order valence-electron chi connectivity index (χ2n) is 15.1. The van der Waals surface area contributed by atoms with E-state index in [1.54, 1.807) is 0 Å². The summed E-state index contributed by atoms with van der Waals surface area (Å²) in [6, 6.07) is 37.6. The zero-order valence-electron chi connectivity index (χ0n) is 30.8. The van der Waals surface area contributed by atoms with Gasteiger partial charge >= 0.3 is 0 Å². The van der Waals surface area contributed by atoms with Crippen LogP contribution in [-0.2, 0) is 0 Å². The number of thiophene rings is 1. The molecule has 0 spiro atoms. The fourth-order valence-electron chi connectivity index (χ4n) is 9.36. The number of rotatable bonds is 4. The first-order valence-corrected chi connectivity index (χ1v) is 20.2. The van der Waals surface area contributed by atoms with Crippen molar-refractivity contribution in [1.82, 2.24) is 29.1 Å². The van der Waals surface area contributed by atoms with Crippen molar-refractivity contribution in [3.63, 3.8) is 0 Å². The third-order valence-corrected chi connectivity index (χ3v) is 13.2. The molecule has 11 aromatic rings. The summed E-state index contributed by atoms with van der Waals surface area (Å²) in [6.45, 7) is 0. The Morgan fingerprint density at radius 3 is 1.71 bits per heavy atom. The topological polar surface area (TPSA) is 70.7 Å². The number of aromatic nitrogens is 6. The summed E-state index contributed by atoms with van der Waals surface area (Å²) in [4.78, 5) is 17.7. The minimum Gasteiger partial charge on any atom is -0.485 e. The molecule has 7 aromatic heterocycles. The molecule has 2 atom stereocenters. The Hall–Kier alpha value is -7.42. The molecule has 58 heavy (non-hydrogen) atoms. The van der Waals surface area contributed by atoms with E-state index in [1.165, 1.54) is 48.0 Å². The van der Waals surface area contributed by atoms with E-state index < -0.39 is 0 Å². The standard InChI is InChI=1S/C50H30N6OS/c1-2-29(31-4-8-47-35(21-31)36-23-33(6-9-48(36)57-47)55-43-12-16-51-25-39(43)40-26-52-17-13-44(40)55)20-30(3-1)32-5-10-49-37(22-32)38-24-34(7-11-50(38)58-49)56-45-14-18-53-27-41(45)42-28-54-19-15-46(42)56/h1-28,36,48H. The van der Waals surface area contributed by atoms with E-state index in [9.17, 15) is 0 Å². The average molecular weight is 763 g/mol. The van der Waals surface area contributed by atoms with Crippen LogP contribution in [0.25, 0.3) is 97.4 Å². The second kappa shape index (κ2) is 12.0. The Bertz CT molecular complexity index is 3480. The number of hydrogen-bond donors (Lipinski definition) is 0. The molecule has 1 aliphatic carbocycles. The molecule has 0 saturated carbocycles. The SMILES string of the molecule is C1=CC2Oc3ccc(-c4cccc(-c5ccc6sc7ccc(-n8c9ccncc9c9cnccc98)cc7c6c5)c4)cc3C2C=C1n1c2ccncc2c2cnccc21. The Labute approximate surface area is 335 Å². The van der Waals surface area contributed by atoms with Crippen molar-refractivity contribution in [2.45, 2.75) is 12.0 Å². The molecule has 8 heteroatoms. The molecule has 0 amide bonds. The Morgan fingerprint density at radius 1 is 0.500 bits per heavy atom. The molecule has 13 rings (SSSR count). The zero-order valence-corrected chi connectivity index (χ0v) is 31.6. The van der Waals surface area contributed by atoms with Crippen LogP contribution >= 0.6 is 11.3 Å². The summed E-state index contributed by atoms with van der Waals surface area (Å²) in [5, 5.41) is 6.91. The van der Waals surface area contributed by atoms with Crippen LogP contribution in [0.3, 0.4) is 0 Å². The van der Waals surface area contributed by atoms with Crippen LogP contribution in [0.2, 0.25) is 0 Å². The maximum atomic E-state index is 6.51. The van der Waals surface area contributed by atoms with E-state index in [1.807, 2.05) is 60.9 Å². The molecule has 0 saturated heterocycles. The van der Waals surface area contributed by atoms with Gasteiger partial charge in [0.2, 0.25) is 0 Å². The van der Waals surface area contributed by atoms with Crippen LogP contribution in [0, 0.1) is 0 Å². The van der Waals surface area contributed by atoms with Crippen LogP contribution < -0.4 is 4.74 Å². The van der Waals surface area contributed by atoms with Gasteiger partial charge in [0.15, 0.2) is 0 Å². The van der Waals surface area contributed by atoms with E-state index in [-0.39, 0.29) is 12.0 Å². The molecule has 0 N–H and O–H groups in total. The third kappa shape index (κ3) is 4.60. The lowest BCUT2D eigenvalue weighted by Crippen LogP contribution is -2.18. The lowest BCUT2D eigenvalue weighted by molar-refractivity contribution is 0.269. The maximum Gasteiger partial charge on any atom is 0.128 e. The molecule has 2 unspecified atom stereocenters. The Balaban J connectivity index is 0.875. The van der Waals surface area contributed by atoms with Gasteiger partial charge in [-0.2, -0.15) is 0 Å². The van der Waals surface area contributed by atoms with Gasteiger partial charge in [-0.15, -0.1) is 11.3 Å². The fourth-order valence-corrected chi connectivity index (χ4v) is 10.4. The molecule has 4 aromatic carbocycles. The number of ether oxygens (including phenoxy) is 1. The number of benzene rings is 4. The highest BCUT2D eigenvalue weighted by atomic mass is 32.1. The quantitative estimate of drug-likeness (QED) is 0.179. The highest BCUT2D eigenvalue weighted by Gasteiger charge is 2.34. The second-order valence-corrected chi connectivity index (χ2v) is 16.2. The van der Waals surface area contributed by atoms with E-state index in [0.717, 1.165) is 60.7 Å². The third-order valence-electron chi connectivity index (χ3n) is 12.0. The number of allylic oxidation sites excluding steroid dienone is 2. The first-order valence-electron chi connectivity index (χ1n) is 19.4. The summed E-state index contributed by atoms with van der Waals surface area (Å²) >= 11 is 1.84. The van der Waals surface area contributed by atoms with Gasteiger partial charge in [-0.3, -0.25) is 19.9 Å². The van der Waals surface area contributed by atoms with Crippen molar-refractivity contribution < 1.29 is 4.74 Å². The minimum absolute atomic E-state index is 0.0478. The first kappa shape index (κ1) is 31.7. The number of nitrogens with zero attached hydrogens (tertiary/aromatic N) is 6. The predicted molar refractivity (Wildman–Crippen MR) is 236 cm³/mol. The maximum absolute atomic E-state index is 6.51. The van der Waals surface area contributed by atoms with Crippen molar-refractivity contribution >= 4 is 80.8 Å². The predicted octanol–water partition coefficient (Wildman–Crippen LogP) is 12.1. The molecule has 2 aliphatic rings. The van der Waals surface area contributed by atoms with E-state index in [4.69, 9.17) is 4.74 Å². The first-order chi connectivity index (χ1) is 28.7.